The highest BCUT2D eigenvalue weighted by Crippen LogP contribution is 2.35. The van der Waals surface area contributed by atoms with Crippen molar-refractivity contribution in [2.24, 2.45) is 5.92 Å². The van der Waals surface area contributed by atoms with Crippen molar-refractivity contribution in [3.05, 3.63) is 29.1 Å². The highest BCUT2D eigenvalue weighted by atomic mass is 32.1. The summed E-state index contributed by atoms with van der Waals surface area (Å²) in [6.45, 7) is 2.83. The lowest BCUT2D eigenvalue weighted by atomic mass is 9.87. The molecule has 0 unspecified atom stereocenters. The van der Waals surface area contributed by atoms with E-state index in [9.17, 15) is 9.59 Å². The van der Waals surface area contributed by atoms with Crippen molar-refractivity contribution in [2.45, 2.75) is 64.7 Å². The molecule has 30 heavy (non-hydrogen) atoms. The van der Waals surface area contributed by atoms with Crippen LogP contribution in [0.5, 0.6) is 0 Å². The number of benzene rings is 1. The fourth-order valence-electron chi connectivity index (χ4n) is 4.59. The van der Waals surface area contributed by atoms with Gasteiger partial charge < -0.3 is 4.90 Å². The smallest absolute Gasteiger partial charge is 0.230 e. The van der Waals surface area contributed by atoms with Gasteiger partial charge in [-0.25, -0.2) is 4.98 Å². The Balaban J connectivity index is 1.54. The molecule has 1 fully saturated rings. The van der Waals surface area contributed by atoms with Gasteiger partial charge in [0.25, 0.3) is 0 Å². The van der Waals surface area contributed by atoms with Crippen LogP contribution in [0, 0.1) is 5.92 Å². The molecule has 0 atom stereocenters. The zero-order chi connectivity index (χ0) is 21.1. The molecule has 6 heteroatoms. The number of thiazole rings is 1. The second-order valence-electron chi connectivity index (χ2n) is 8.49. The summed E-state index contributed by atoms with van der Waals surface area (Å²) in [5.41, 5.74) is 4.25. The van der Waals surface area contributed by atoms with Gasteiger partial charge in [0.05, 0.1) is 5.69 Å². The van der Waals surface area contributed by atoms with E-state index in [0.29, 0.717) is 12.3 Å². The van der Waals surface area contributed by atoms with E-state index < -0.39 is 0 Å². The maximum Gasteiger partial charge on any atom is 0.230 e. The van der Waals surface area contributed by atoms with E-state index in [-0.39, 0.29) is 11.8 Å². The van der Waals surface area contributed by atoms with Gasteiger partial charge in [-0.15, -0.1) is 11.3 Å². The number of rotatable bonds is 5. The summed E-state index contributed by atoms with van der Waals surface area (Å²) in [5.74, 6) is 0.609. The molecule has 2 amide bonds. The summed E-state index contributed by atoms with van der Waals surface area (Å²) < 4.78 is 0. The van der Waals surface area contributed by atoms with Crippen molar-refractivity contribution in [1.29, 1.82) is 0 Å². The zero-order valence-electron chi connectivity index (χ0n) is 18.0. The summed E-state index contributed by atoms with van der Waals surface area (Å²) in [6, 6.07) is 6.34. The van der Waals surface area contributed by atoms with Crippen LogP contribution in [-0.4, -0.2) is 30.4 Å². The maximum atomic E-state index is 13.1. The molecule has 5 nitrogen and oxygen atoms in total. The van der Waals surface area contributed by atoms with Crippen molar-refractivity contribution in [3.8, 4) is 11.3 Å². The number of carbonyl (C=O) groups is 2. The highest BCUT2D eigenvalue weighted by molar-refractivity contribution is 7.14. The SMILES string of the molecule is CCCC(=O)N(C)c1nc(-c2ccc3c(c2)CCCN3C(=O)C2CCCCC2)cs1. The van der Waals surface area contributed by atoms with Crippen LogP contribution in [0.3, 0.4) is 0 Å². The Bertz CT molecular complexity index is 917. The van der Waals surface area contributed by atoms with Crippen molar-refractivity contribution in [2.75, 3.05) is 23.4 Å². The molecule has 2 heterocycles. The van der Waals surface area contributed by atoms with Gasteiger partial charge in [0.1, 0.15) is 0 Å². The monoisotopic (exact) mass is 425 g/mol. The molecule has 4 rings (SSSR count). The Kier molecular flexibility index (Phi) is 6.52. The van der Waals surface area contributed by atoms with Crippen LogP contribution < -0.4 is 9.80 Å². The lowest BCUT2D eigenvalue weighted by molar-refractivity contribution is -0.123. The molecule has 1 aliphatic heterocycles. The first kappa shape index (κ1) is 21.0. The van der Waals surface area contributed by atoms with Crippen LogP contribution in [0.15, 0.2) is 23.6 Å². The van der Waals surface area contributed by atoms with Crippen LogP contribution in [0.4, 0.5) is 10.8 Å². The fraction of sp³-hybridized carbons (Fsp3) is 0.542. The van der Waals surface area contributed by atoms with E-state index in [1.807, 2.05) is 17.2 Å². The third-order valence-corrected chi connectivity index (χ3v) is 7.25. The van der Waals surface area contributed by atoms with Crippen LogP contribution in [0.1, 0.15) is 63.9 Å². The van der Waals surface area contributed by atoms with Gasteiger partial charge in [0.15, 0.2) is 5.13 Å². The molecule has 1 aromatic carbocycles. The van der Waals surface area contributed by atoms with Gasteiger partial charge in [0.2, 0.25) is 11.8 Å². The molecule has 2 aliphatic rings. The number of aromatic nitrogens is 1. The summed E-state index contributed by atoms with van der Waals surface area (Å²) in [6.07, 6.45) is 9.06. The molecule has 0 radical (unpaired) electrons. The molecular weight excluding hydrogens is 394 g/mol. The second-order valence-corrected chi connectivity index (χ2v) is 9.33. The number of hydrogen-bond acceptors (Lipinski definition) is 4. The number of hydrogen-bond donors (Lipinski definition) is 0. The quantitative estimate of drug-likeness (QED) is 0.642. The summed E-state index contributed by atoms with van der Waals surface area (Å²) in [7, 11) is 1.79. The summed E-state index contributed by atoms with van der Waals surface area (Å²) in [5, 5.41) is 2.75. The second kappa shape index (κ2) is 9.29. The molecule has 2 aromatic rings. The summed E-state index contributed by atoms with van der Waals surface area (Å²) >= 11 is 1.50. The Hall–Kier alpha value is -2.21. The first-order chi connectivity index (χ1) is 14.6. The molecule has 0 bridgehead atoms. The standard InChI is InChI=1S/C24H31N3O2S/c1-3-8-22(28)26(2)24-25-20(16-30-24)18-12-13-21-19(15-18)11-7-14-27(21)23(29)17-9-5-4-6-10-17/h12-13,15-17H,3-11,14H2,1-2H3. The largest absolute Gasteiger partial charge is 0.312 e. The number of fused-ring (bicyclic) bond motifs is 1. The lowest BCUT2D eigenvalue weighted by Crippen LogP contribution is -2.40. The minimum Gasteiger partial charge on any atom is -0.312 e. The highest BCUT2D eigenvalue weighted by Gasteiger charge is 2.29. The van der Waals surface area contributed by atoms with Gasteiger partial charge in [-0.2, -0.15) is 0 Å². The average Bonchev–Trinajstić information content (AvgIpc) is 3.28. The Morgan fingerprint density at radius 2 is 2.00 bits per heavy atom. The number of anilines is 2. The van der Waals surface area contributed by atoms with Gasteiger partial charge in [-0.05, 0) is 49.8 Å². The van der Waals surface area contributed by atoms with Crippen LogP contribution in [0.25, 0.3) is 11.3 Å². The first-order valence-corrected chi connectivity index (χ1v) is 12.1. The van der Waals surface area contributed by atoms with E-state index in [2.05, 4.69) is 18.2 Å². The number of amides is 2. The normalized spacial score (nSPS) is 16.9. The van der Waals surface area contributed by atoms with Gasteiger partial charge >= 0.3 is 0 Å². The molecule has 1 aliphatic carbocycles. The van der Waals surface area contributed by atoms with Crippen LogP contribution >= 0.6 is 11.3 Å². The molecular formula is C24H31N3O2S. The van der Waals surface area contributed by atoms with Gasteiger partial charge in [-0.1, -0.05) is 32.3 Å². The summed E-state index contributed by atoms with van der Waals surface area (Å²) in [4.78, 5) is 33.7. The zero-order valence-corrected chi connectivity index (χ0v) is 18.8. The maximum absolute atomic E-state index is 13.1. The molecule has 1 aromatic heterocycles. The number of nitrogens with zero attached hydrogens (tertiary/aromatic N) is 3. The van der Waals surface area contributed by atoms with Crippen molar-refractivity contribution >= 4 is 34.0 Å². The number of carbonyl (C=O) groups excluding carboxylic acids is 2. The third-order valence-electron chi connectivity index (χ3n) is 6.33. The Morgan fingerprint density at radius 3 is 2.77 bits per heavy atom. The Morgan fingerprint density at radius 1 is 1.20 bits per heavy atom. The molecule has 0 saturated heterocycles. The molecule has 0 spiro atoms. The van der Waals surface area contributed by atoms with Crippen molar-refractivity contribution in [3.63, 3.8) is 0 Å². The third kappa shape index (κ3) is 4.29. The van der Waals surface area contributed by atoms with Gasteiger partial charge in [0, 0.05) is 42.6 Å². The van der Waals surface area contributed by atoms with E-state index in [0.717, 1.165) is 60.7 Å². The predicted octanol–water partition coefficient (Wildman–Crippen LogP) is 5.43. The van der Waals surface area contributed by atoms with E-state index in [4.69, 9.17) is 4.98 Å². The van der Waals surface area contributed by atoms with Crippen molar-refractivity contribution < 1.29 is 9.59 Å². The van der Waals surface area contributed by atoms with Gasteiger partial charge in [-0.3, -0.25) is 14.5 Å². The van der Waals surface area contributed by atoms with E-state index >= 15 is 0 Å². The fourth-order valence-corrected chi connectivity index (χ4v) is 5.41. The van der Waals surface area contributed by atoms with E-state index in [1.165, 1.54) is 36.2 Å². The molecule has 1 saturated carbocycles. The molecule has 0 N–H and O–H groups in total. The topological polar surface area (TPSA) is 53.5 Å². The van der Waals surface area contributed by atoms with E-state index in [1.54, 1.807) is 11.9 Å². The predicted molar refractivity (Wildman–Crippen MR) is 123 cm³/mol. The Labute approximate surface area is 183 Å². The van der Waals surface area contributed by atoms with Crippen molar-refractivity contribution in [1.82, 2.24) is 4.98 Å². The number of aryl methyl sites for hydroxylation is 1. The van der Waals surface area contributed by atoms with Crippen LogP contribution in [-0.2, 0) is 16.0 Å². The molecule has 160 valence electrons. The minimum atomic E-state index is 0.0979. The van der Waals surface area contributed by atoms with Crippen LogP contribution in [0.2, 0.25) is 0 Å². The minimum absolute atomic E-state index is 0.0979. The first-order valence-electron chi connectivity index (χ1n) is 11.2. The average molecular weight is 426 g/mol. The lowest BCUT2D eigenvalue weighted by Gasteiger charge is -2.33.